The topological polar surface area (TPSA) is 78.9 Å². The second-order valence-corrected chi connectivity index (χ2v) is 5.07. The number of hydrogen-bond donors (Lipinski definition) is 2. The van der Waals surface area contributed by atoms with Crippen molar-refractivity contribution >= 4 is 35.2 Å². The smallest absolute Gasteiger partial charge is 0.417 e. The lowest BCUT2D eigenvalue weighted by Crippen LogP contribution is -2.28. The van der Waals surface area contributed by atoms with Crippen LogP contribution in [0.4, 0.5) is 25.4 Å². The molecule has 0 fully saturated rings. The number of halogens is 2. The first-order chi connectivity index (χ1) is 11.4. The Morgan fingerprint density at radius 3 is 2.67 bits per heavy atom. The molecule has 2 aromatic carbocycles. The molecule has 24 heavy (non-hydrogen) atoms. The Labute approximate surface area is 142 Å². The highest BCUT2D eigenvalue weighted by atomic mass is 35.5. The lowest BCUT2D eigenvalue weighted by atomic mass is 10.3. The van der Waals surface area contributed by atoms with Crippen molar-refractivity contribution in [1.29, 1.82) is 0 Å². The van der Waals surface area contributed by atoms with Crippen LogP contribution in [-0.2, 0) is 0 Å². The summed E-state index contributed by atoms with van der Waals surface area (Å²) >= 11 is 5.56. The molecule has 0 spiro atoms. The van der Waals surface area contributed by atoms with Gasteiger partial charge in [0, 0.05) is 18.3 Å². The van der Waals surface area contributed by atoms with Crippen LogP contribution in [0.3, 0.4) is 0 Å². The lowest BCUT2D eigenvalue weighted by Gasteiger charge is -2.17. The quantitative estimate of drug-likeness (QED) is 0.843. The Kier molecular flexibility index (Phi) is 5.59. The van der Waals surface area contributed by atoms with E-state index in [1.807, 2.05) is 0 Å². The van der Waals surface area contributed by atoms with Crippen LogP contribution in [0.1, 0.15) is 6.92 Å². The second kappa shape index (κ2) is 7.65. The van der Waals surface area contributed by atoms with Gasteiger partial charge in [-0.05, 0) is 37.3 Å². The molecule has 8 heteroatoms. The molecule has 0 aliphatic carbocycles. The number of nitrogens with one attached hydrogen (secondary N) is 1. The Bertz CT molecular complexity index is 769. The van der Waals surface area contributed by atoms with Crippen LogP contribution in [0, 0.1) is 5.82 Å². The van der Waals surface area contributed by atoms with E-state index in [2.05, 4.69) is 5.32 Å². The number of nitrogens with zero attached hydrogens (tertiary/aromatic N) is 1. The van der Waals surface area contributed by atoms with Crippen LogP contribution in [0.5, 0.6) is 5.75 Å². The zero-order chi connectivity index (χ0) is 17.7. The molecule has 0 aliphatic heterocycles. The summed E-state index contributed by atoms with van der Waals surface area (Å²) in [5.74, 6) is -0.518. The van der Waals surface area contributed by atoms with Gasteiger partial charge in [-0.15, -0.1) is 0 Å². The van der Waals surface area contributed by atoms with E-state index in [0.717, 1.165) is 11.0 Å². The molecule has 0 bridgehead atoms. The van der Waals surface area contributed by atoms with Crippen molar-refractivity contribution in [3.05, 3.63) is 53.3 Å². The number of anilines is 2. The molecule has 2 N–H and O–H groups in total. The van der Waals surface area contributed by atoms with Crippen molar-refractivity contribution in [2.45, 2.75) is 6.92 Å². The summed E-state index contributed by atoms with van der Waals surface area (Å²) in [5.41, 5.74) is 0.548. The Morgan fingerprint density at radius 2 is 2.04 bits per heavy atom. The van der Waals surface area contributed by atoms with Crippen molar-refractivity contribution < 1.29 is 23.8 Å². The lowest BCUT2D eigenvalue weighted by molar-refractivity contribution is 0.202. The van der Waals surface area contributed by atoms with Crippen molar-refractivity contribution in [2.75, 3.05) is 16.8 Å². The van der Waals surface area contributed by atoms with Gasteiger partial charge in [0.2, 0.25) is 0 Å². The third-order valence-electron chi connectivity index (χ3n) is 3.05. The maximum Gasteiger partial charge on any atom is 0.417 e. The normalized spacial score (nSPS) is 10.1. The number of benzene rings is 2. The molecule has 6 nitrogen and oxygen atoms in total. The summed E-state index contributed by atoms with van der Waals surface area (Å²) in [5, 5.41) is 11.4. The van der Waals surface area contributed by atoms with Gasteiger partial charge in [-0.2, -0.15) is 0 Å². The molecule has 2 rings (SSSR count). The van der Waals surface area contributed by atoms with E-state index in [1.54, 1.807) is 19.1 Å². The molecule has 0 unspecified atom stereocenters. The molecule has 0 atom stereocenters. The Balaban J connectivity index is 2.08. The van der Waals surface area contributed by atoms with E-state index in [4.69, 9.17) is 21.4 Å². The zero-order valence-electron chi connectivity index (χ0n) is 12.6. The van der Waals surface area contributed by atoms with Crippen LogP contribution in [0.15, 0.2) is 42.5 Å². The second-order valence-electron chi connectivity index (χ2n) is 4.67. The highest BCUT2D eigenvalue weighted by Gasteiger charge is 2.13. The molecule has 2 amide bonds. The van der Waals surface area contributed by atoms with E-state index < -0.39 is 18.0 Å². The molecule has 0 radical (unpaired) electrons. The average Bonchev–Trinajstić information content (AvgIpc) is 2.51. The number of ether oxygens (including phenoxy) is 1. The molecule has 0 aliphatic rings. The van der Waals surface area contributed by atoms with Gasteiger partial charge in [0.15, 0.2) is 0 Å². The third-order valence-corrected chi connectivity index (χ3v) is 3.36. The number of carbonyl (C=O) groups excluding carboxylic acids is 1. The average molecular weight is 353 g/mol. The largest absolute Gasteiger partial charge is 0.465 e. The number of hydrogen-bond acceptors (Lipinski definition) is 3. The molecule has 0 saturated carbocycles. The summed E-state index contributed by atoms with van der Waals surface area (Å²) in [4.78, 5) is 24.1. The highest BCUT2D eigenvalue weighted by molar-refractivity contribution is 6.30. The van der Waals surface area contributed by atoms with E-state index in [9.17, 15) is 14.0 Å². The van der Waals surface area contributed by atoms with Gasteiger partial charge in [-0.1, -0.05) is 17.7 Å². The fourth-order valence-electron chi connectivity index (χ4n) is 1.97. The molecular weight excluding hydrogens is 339 g/mol. The van der Waals surface area contributed by atoms with Crippen LogP contribution < -0.4 is 15.0 Å². The van der Waals surface area contributed by atoms with Gasteiger partial charge in [-0.3, -0.25) is 10.2 Å². The van der Waals surface area contributed by atoms with Gasteiger partial charge in [0.05, 0.1) is 10.7 Å². The van der Waals surface area contributed by atoms with Gasteiger partial charge < -0.3 is 9.84 Å². The maximum absolute atomic E-state index is 13.3. The number of rotatable bonds is 4. The fraction of sp³-hybridized carbons (Fsp3) is 0.125. The van der Waals surface area contributed by atoms with Crippen molar-refractivity contribution in [3.8, 4) is 5.75 Å². The minimum absolute atomic E-state index is 0.0602. The fourth-order valence-corrected chi connectivity index (χ4v) is 2.09. The number of amides is 2. The first-order valence-electron chi connectivity index (χ1n) is 6.95. The molecule has 0 saturated heterocycles. The van der Waals surface area contributed by atoms with Crippen LogP contribution in [0.2, 0.25) is 5.02 Å². The molecule has 0 heterocycles. The first kappa shape index (κ1) is 17.6. The first-order valence-corrected chi connectivity index (χ1v) is 7.33. The minimum Gasteiger partial charge on any atom is -0.465 e. The van der Waals surface area contributed by atoms with Crippen LogP contribution >= 0.6 is 11.6 Å². The van der Waals surface area contributed by atoms with Crippen LogP contribution in [-0.4, -0.2) is 23.8 Å². The van der Waals surface area contributed by atoms with Crippen molar-refractivity contribution in [1.82, 2.24) is 0 Å². The standard InChI is InChI=1S/C16H14ClFN2O4/c1-2-20(16(22)23)11-4-3-5-12(9-11)24-15(21)19-10-6-7-13(17)14(18)8-10/h3-9H,2H2,1H3,(H,19,21)(H,22,23). The molecule has 2 aromatic rings. The summed E-state index contributed by atoms with van der Waals surface area (Å²) in [7, 11) is 0. The van der Waals surface area contributed by atoms with Gasteiger partial charge >= 0.3 is 12.2 Å². The maximum atomic E-state index is 13.3. The summed E-state index contributed by atoms with van der Waals surface area (Å²) in [6.45, 7) is 1.93. The van der Waals surface area contributed by atoms with Crippen LogP contribution in [0.25, 0.3) is 0 Å². The van der Waals surface area contributed by atoms with E-state index in [1.165, 1.54) is 24.3 Å². The third kappa shape index (κ3) is 4.36. The number of carbonyl (C=O) groups is 2. The summed E-state index contributed by atoms with van der Waals surface area (Å²) < 4.78 is 18.4. The Hall–Kier alpha value is -2.80. The monoisotopic (exact) mass is 352 g/mol. The van der Waals surface area contributed by atoms with E-state index >= 15 is 0 Å². The highest BCUT2D eigenvalue weighted by Crippen LogP contribution is 2.22. The molecule has 126 valence electrons. The zero-order valence-corrected chi connectivity index (χ0v) is 13.4. The molecular formula is C16H14ClFN2O4. The van der Waals surface area contributed by atoms with Gasteiger partial charge in [0.25, 0.3) is 0 Å². The van der Waals surface area contributed by atoms with E-state index in [-0.39, 0.29) is 23.0 Å². The molecule has 0 aromatic heterocycles. The Morgan fingerprint density at radius 1 is 1.29 bits per heavy atom. The predicted molar refractivity (Wildman–Crippen MR) is 88.5 cm³/mol. The minimum atomic E-state index is -1.12. The van der Waals surface area contributed by atoms with Gasteiger partial charge in [-0.25, -0.2) is 14.0 Å². The predicted octanol–water partition coefficient (Wildman–Crippen LogP) is 4.59. The SMILES string of the molecule is CCN(C(=O)O)c1cccc(OC(=O)Nc2ccc(Cl)c(F)c2)c1. The van der Waals surface area contributed by atoms with Crippen molar-refractivity contribution in [2.24, 2.45) is 0 Å². The van der Waals surface area contributed by atoms with E-state index in [0.29, 0.717) is 5.69 Å². The summed E-state index contributed by atoms with van der Waals surface area (Å²) in [6.07, 6.45) is -1.96. The van der Waals surface area contributed by atoms with Gasteiger partial charge in [0.1, 0.15) is 11.6 Å². The summed E-state index contributed by atoms with van der Waals surface area (Å²) in [6, 6.07) is 9.85. The van der Waals surface area contributed by atoms with Crippen molar-refractivity contribution in [3.63, 3.8) is 0 Å². The number of carboxylic acid groups (broad SMARTS) is 1.